The smallest absolute Gasteiger partial charge is 0.236 e. The van der Waals surface area contributed by atoms with Gasteiger partial charge in [-0.3, -0.25) is 4.79 Å². The number of aromatic nitrogens is 1. The molecule has 172 valence electrons. The summed E-state index contributed by atoms with van der Waals surface area (Å²) in [5.74, 6) is 1.40. The van der Waals surface area contributed by atoms with Crippen molar-refractivity contribution in [1.82, 2.24) is 15.2 Å². The number of carbonyl (C=O) groups excluding carboxylic acids is 1. The molecule has 7 heteroatoms. The van der Waals surface area contributed by atoms with Crippen LogP contribution >= 0.6 is 0 Å². The van der Waals surface area contributed by atoms with E-state index >= 15 is 0 Å². The Morgan fingerprint density at radius 1 is 1.06 bits per heavy atom. The molecule has 0 bridgehead atoms. The van der Waals surface area contributed by atoms with Gasteiger partial charge in [-0.1, -0.05) is 24.3 Å². The first-order valence-corrected chi connectivity index (χ1v) is 10.9. The molecule has 1 amide bonds. The highest BCUT2D eigenvalue weighted by molar-refractivity contribution is 5.83. The lowest BCUT2D eigenvalue weighted by atomic mass is 10.1. The van der Waals surface area contributed by atoms with Gasteiger partial charge in [0.15, 0.2) is 11.5 Å². The number of carbonyl (C=O) groups is 1. The van der Waals surface area contributed by atoms with Crippen molar-refractivity contribution in [1.29, 1.82) is 0 Å². The highest BCUT2D eigenvalue weighted by Gasteiger charge is 2.16. The quantitative estimate of drug-likeness (QED) is 0.399. The number of rotatable bonds is 13. The summed E-state index contributed by atoms with van der Waals surface area (Å²) in [4.78, 5) is 18.3. The number of hydrogen-bond acceptors (Lipinski definition) is 5. The Morgan fingerprint density at radius 2 is 1.88 bits per heavy atom. The summed E-state index contributed by atoms with van der Waals surface area (Å²) in [6.45, 7) is 2.84. The van der Waals surface area contributed by atoms with Crippen molar-refractivity contribution in [2.75, 3.05) is 47.6 Å². The number of benzene rings is 2. The van der Waals surface area contributed by atoms with Crippen LogP contribution in [0.25, 0.3) is 10.9 Å². The van der Waals surface area contributed by atoms with E-state index in [1.807, 2.05) is 41.4 Å². The molecule has 0 radical (unpaired) electrons. The fraction of sp³-hybridized carbons (Fsp3) is 0.400. The first-order chi connectivity index (χ1) is 15.7. The largest absolute Gasteiger partial charge is 0.493 e. The number of methoxy groups -OCH3 is 3. The van der Waals surface area contributed by atoms with E-state index in [1.54, 1.807) is 21.3 Å². The second-order valence-corrected chi connectivity index (χ2v) is 7.64. The first kappa shape index (κ1) is 23.6. The van der Waals surface area contributed by atoms with Crippen LogP contribution in [0.5, 0.6) is 11.5 Å². The van der Waals surface area contributed by atoms with E-state index in [-0.39, 0.29) is 5.91 Å². The highest BCUT2D eigenvalue weighted by atomic mass is 16.5. The van der Waals surface area contributed by atoms with Crippen molar-refractivity contribution in [3.63, 3.8) is 0 Å². The van der Waals surface area contributed by atoms with Gasteiger partial charge < -0.3 is 29.4 Å². The van der Waals surface area contributed by atoms with E-state index in [4.69, 9.17) is 14.2 Å². The lowest BCUT2D eigenvalue weighted by Crippen LogP contribution is -2.39. The zero-order valence-corrected chi connectivity index (χ0v) is 19.1. The molecule has 0 fully saturated rings. The minimum Gasteiger partial charge on any atom is -0.493 e. The lowest BCUT2D eigenvalue weighted by molar-refractivity contribution is -0.130. The zero-order chi connectivity index (χ0) is 22.8. The minimum absolute atomic E-state index is 0.0667. The van der Waals surface area contributed by atoms with Crippen LogP contribution in [-0.4, -0.2) is 63.4 Å². The second-order valence-electron chi connectivity index (χ2n) is 7.64. The number of ether oxygens (including phenoxy) is 3. The minimum atomic E-state index is 0.0667. The van der Waals surface area contributed by atoms with E-state index in [0.717, 1.165) is 30.5 Å². The van der Waals surface area contributed by atoms with Crippen LogP contribution in [0.1, 0.15) is 17.5 Å². The molecule has 1 aromatic heterocycles. The molecule has 2 aromatic carbocycles. The van der Waals surface area contributed by atoms with Crippen molar-refractivity contribution in [3.8, 4) is 11.5 Å². The second kappa shape index (κ2) is 12.1. The molecular formula is C25H33N3O4. The molecule has 3 rings (SSSR count). The summed E-state index contributed by atoms with van der Waals surface area (Å²) < 4.78 is 15.8. The average Bonchev–Trinajstić information content (AvgIpc) is 3.24. The van der Waals surface area contributed by atoms with Crippen LogP contribution in [0.15, 0.2) is 48.7 Å². The maximum absolute atomic E-state index is 13.0. The van der Waals surface area contributed by atoms with Gasteiger partial charge in [0.2, 0.25) is 5.91 Å². The molecule has 0 aliphatic rings. The summed E-state index contributed by atoms with van der Waals surface area (Å²) in [6, 6.07) is 14.0. The predicted octanol–water partition coefficient (Wildman–Crippen LogP) is 3.38. The number of aromatic amines is 1. The van der Waals surface area contributed by atoms with Crippen molar-refractivity contribution < 1.29 is 19.0 Å². The van der Waals surface area contributed by atoms with Crippen LogP contribution in [0.2, 0.25) is 0 Å². The van der Waals surface area contributed by atoms with E-state index < -0.39 is 0 Å². The van der Waals surface area contributed by atoms with Gasteiger partial charge in [-0.25, -0.2) is 0 Å². The molecule has 1 heterocycles. The van der Waals surface area contributed by atoms with Gasteiger partial charge in [0, 0.05) is 43.9 Å². The van der Waals surface area contributed by atoms with Gasteiger partial charge in [-0.15, -0.1) is 0 Å². The van der Waals surface area contributed by atoms with Crippen molar-refractivity contribution in [2.45, 2.75) is 19.4 Å². The molecule has 0 unspecified atom stereocenters. The Morgan fingerprint density at radius 3 is 2.66 bits per heavy atom. The van der Waals surface area contributed by atoms with Gasteiger partial charge >= 0.3 is 0 Å². The predicted molar refractivity (Wildman–Crippen MR) is 126 cm³/mol. The third kappa shape index (κ3) is 6.24. The Kier molecular flexibility index (Phi) is 8.95. The van der Waals surface area contributed by atoms with E-state index in [2.05, 4.69) is 22.4 Å². The fourth-order valence-electron chi connectivity index (χ4n) is 3.73. The molecule has 2 N–H and O–H groups in total. The summed E-state index contributed by atoms with van der Waals surface area (Å²) >= 11 is 0. The SMILES string of the molecule is COCCCNCC(=O)N(CCc1c[nH]c2ccccc12)Cc1ccc(OC)c(OC)c1. The fourth-order valence-corrected chi connectivity index (χ4v) is 3.73. The van der Waals surface area contributed by atoms with Gasteiger partial charge in [0.05, 0.1) is 20.8 Å². The summed E-state index contributed by atoms with van der Waals surface area (Å²) in [7, 11) is 4.91. The van der Waals surface area contributed by atoms with Gasteiger partial charge in [0.1, 0.15) is 0 Å². The number of fused-ring (bicyclic) bond motifs is 1. The molecule has 0 aliphatic heterocycles. The van der Waals surface area contributed by atoms with Gasteiger partial charge in [-0.05, 0) is 48.7 Å². The number of H-pyrrole nitrogens is 1. The van der Waals surface area contributed by atoms with E-state index in [0.29, 0.717) is 37.7 Å². The molecule has 3 aromatic rings. The normalized spacial score (nSPS) is 11.0. The van der Waals surface area contributed by atoms with Crippen LogP contribution in [0.4, 0.5) is 0 Å². The third-order valence-corrected chi connectivity index (χ3v) is 5.48. The van der Waals surface area contributed by atoms with Crippen molar-refractivity contribution >= 4 is 16.8 Å². The van der Waals surface area contributed by atoms with Crippen LogP contribution < -0.4 is 14.8 Å². The Hall–Kier alpha value is -3.03. The highest BCUT2D eigenvalue weighted by Crippen LogP contribution is 2.28. The summed E-state index contributed by atoms with van der Waals surface area (Å²) in [6.07, 6.45) is 3.67. The Bertz CT molecular complexity index is 1000. The topological polar surface area (TPSA) is 75.8 Å². The Labute approximate surface area is 189 Å². The number of nitrogens with zero attached hydrogens (tertiary/aromatic N) is 1. The lowest BCUT2D eigenvalue weighted by Gasteiger charge is -2.24. The standard InChI is InChI=1S/C25H33N3O4/c1-30-14-6-12-26-17-25(29)28(18-19-9-10-23(31-2)24(15-19)32-3)13-11-20-16-27-22-8-5-4-7-21(20)22/h4-5,7-10,15-16,26-27H,6,11-14,17-18H2,1-3H3. The molecule has 32 heavy (non-hydrogen) atoms. The molecule has 7 nitrogen and oxygen atoms in total. The summed E-state index contributed by atoms with van der Waals surface area (Å²) in [5, 5.41) is 4.43. The number of hydrogen-bond donors (Lipinski definition) is 2. The number of amides is 1. The maximum Gasteiger partial charge on any atom is 0.236 e. The molecule has 0 saturated heterocycles. The average molecular weight is 440 g/mol. The van der Waals surface area contributed by atoms with Gasteiger partial charge in [-0.2, -0.15) is 0 Å². The monoisotopic (exact) mass is 439 g/mol. The molecule has 0 aliphatic carbocycles. The van der Waals surface area contributed by atoms with Crippen molar-refractivity contribution in [2.24, 2.45) is 0 Å². The number of para-hydroxylation sites is 1. The van der Waals surface area contributed by atoms with Crippen LogP contribution in [0, 0.1) is 0 Å². The summed E-state index contributed by atoms with van der Waals surface area (Å²) in [5.41, 5.74) is 3.31. The molecular weight excluding hydrogens is 406 g/mol. The van der Waals surface area contributed by atoms with Gasteiger partial charge in [0.25, 0.3) is 0 Å². The zero-order valence-electron chi connectivity index (χ0n) is 19.1. The van der Waals surface area contributed by atoms with Crippen LogP contribution in [-0.2, 0) is 22.5 Å². The molecule has 0 saturated carbocycles. The Balaban J connectivity index is 1.70. The van der Waals surface area contributed by atoms with Crippen LogP contribution in [0.3, 0.4) is 0 Å². The number of nitrogens with one attached hydrogen (secondary N) is 2. The van der Waals surface area contributed by atoms with E-state index in [1.165, 1.54) is 10.9 Å². The molecule has 0 spiro atoms. The third-order valence-electron chi connectivity index (χ3n) is 5.48. The van der Waals surface area contributed by atoms with E-state index in [9.17, 15) is 4.79 Å². The maximum atomic E-state index is 13.0. The first-order valence-electron chi connectivity index (χ1n) is 10.9. The molecule has 0 atom stereocenters. The van der Waals surface area contributed by atoms with Crippen molar-refractivity contribution in [3.05, 3.63) is 59.8 Å².